The maximum atomic E-state index is 11.6. The topological polar surface area (TPSA) is 58.2 Å². The Morgan fingerprint density at radius 3 is 2.53 bits per heavy atom. The average molecular weight is 259 g/mol. The van der Waals surface area contributed by atoms with Gasteiger partial charge in [0.15, 0.2) is 0 Å². The van der Waals surface area contributed by atoms with Gasteiger partial charge < -0.3 is 14.6 Å². The van der Waals surface area contributed by atoms with Crippen LogP contribution in [0.5, 0.6) is 0 Å². The van der Waals surface area contributed by atoms with Gasteiger partial charge in [0.1, 0.15) is 12.4 Å². The number of anilines is 1. The van der Waals surface area contributed by atoms with Crippen LogP contribution in [0.25, 0.3) is 11.3 Å². The molecule has 0 amide bonds. The summed E-state index contributed by atoms with van der Waals surface area (Å²) in [5, 5.41) is 0. The molecule has 0 aliphatic rings. The SMILES string of the molecule is COCc1nc(-c2ccc(N(C)C)cc2)cc(=O)[nH]1. The average Bonchev–Trinajstić information content (AvgIpc) is 2.38. The highest BCUT2D eigenvalue weighted by Gasteiger charge is 2.04. The first-order valence-electron chi connectivity index (χ1n) is 5.97. The minimum Gasteiger partial charge on any atom is -0.378 e. The molecule has 0 atom stereocenters. The number of aromatic nitrogens is 2. The Labute approximate surface area is 111 Å². The minimum absolute atomic E-state index is 0.172. The minimum atomic E-state index is -0.172. The van der Waals surface area contributed by atoms with Crippen molar-refractivity contribution < 1.29 is 4.74 Å². The van der Waals surface area contributed by atoms with Crippen molar-refractivity contribution in [2.75, 3.05) is 26.1 Å². The van der Waals surface area contributed by atoms with E-state index in [1.807, 2.05) is 43.3 Å². The van der Waals surface area contributed by atoms with E-state index in [-0.39, 0.29) is 5.56 Å². The van der Waals surface area contributed by atoms with Gasteiger partial charge in [-0.2, -0.15) is 0 Å². The van der Waals surface area contributed by atoms with Gasteiger partial charge in [0.05, 0.1) is 5.69 Å². The van der Waals surface area contributed by atoms with Gasteiger partial charge in [0.2, 0.25) is 0 Å². The van der Waals surface area contributed by atoms with Gasteiger partial charge in [0, 0.05) is 38.5 Å². The Bertz CT molecular complexity index is 603. The molecule has 0 radical (unpaired) electrons. The maximum absolute atomic E-state index is 11.6. The van der Waals surface area contributed by atoms with E-state index < -0.39 is 0 Å². The first-order valence-corrected chi connectivity index (χ1v) is 5.97. The molecule has 5 heteroatoms. The van der Waals surface area contributed by atoms with Crippen LogP contribution in [0.4, 0.5) is 5.69 Å². The predicted octanol–water partition coefficient (Wildman–Crippen LogP) is 1.65. The number of H-pyrrole nitrogens is 1. The quantitative estimate of drug-likeness (QED) is 0.907. The molecule has 1 aromatic heterocycles. The summed E-state index contributed by atoms with van der Waals surface area (Å²) < 4.78 is 4.99. The lowest BCUT2D eigenvalue weighted by Gasteiger charge is -2.12. The third kappa shape index (κ3) is 3.20. The molecule has 2 rings (SSSR count). The standard InChI is InChI=1S/C14H17N3O2/c1-17(2)11-6-4-10(5-7-11)12-8-14(18)16-13(15-12)9-19-3/h4-8H,9H2,1-3H3,(H,15,16,18). The monoisotopic (exact) mass is 259 g/mol. The van der Waals surface area contributed by atoms with Gasteiger partial charge in [-0.3, -0.25) is 4.79 Å². The van der Waals surface area contributed by atoms with Crippen LogP contribution in [-0.2, 0) is 11.3 Å². The zero-order chi connectivity index (χ0) is 13.8. The molecule has 0 unspecified atom stereocenters. The summed E-state index contributed by atoms with van der Waals surface area (Å²) in [6.45, 7) is 0.291. The second-order valence-electron chi connectivity index (χ2n) is 4.45. The molecule has 0 fully saturated rings. The fourth-order valence-corrected chi connectivity index (χ4v) is 1.79. The van der Waals surface area contributed by atoms with Crippen molar-refractivity contribution in [3.05, 3.63) is 46.5 Å². The summed E-state index contributed by atoms with van der Waals surface area (Å²) in [4.78, 5) is 20.6. The van der Waals surface area contributed by atoms with E-state index in [0.29, 0.717) is 18.1 Å². The smallest absolute Gasteiger partial charge is 0.251 e. The van der Waals surface area contributed by atoms with Crippen LogP contribution < -0.4 is 10.5 Å². The lowest BCUT2D eigenvalue weighted by atomic mass is 10.1. The zero-order valence-corrected chi connectivity index (χ0v) is 11.3. The van der Waals surface area contributed by atoms with E-state index in [4.69, 9.17) is 4.74 Å². The summed E-state index contributed by atoms with van der Waals surface area (Å²) >= 11 is 0. The second-order valence-corrected chi connectivity index (χ2v) is 4.45. The fraction of sp³-hybridized carbons (Fsp3) is 0.286. The fourth-order valence-electron chi connectivity index (χ4n) is 1.79. The van der Waals surface area contributed by atoms with Gasteiger partial charge in [0.25, 0.3) is 5.56 Å². The number of nitrogens with zero attached hydrogens (tertiary/aromatic N) is 2. The van der Waals surface area contributed by atoms with Gasteiger partial charge in [-0.1, -0.05) is 12.1 Å². The number of hydrogen-bond acceptors (Lipinski definition) is 4. The summed E-state index contributed by atoms with van der Waals surface area (Å²) in [6, 6.07) is 9.38. The molecule has 0 bridgehead atoms. The molecule has 2 aromatic rings. The first kappa shape index (κ1) is 13.3. The van der Waals surface area contributed by atoms with E-state index in [0.717, 1.165) is 11.3 Å². The molecular formula is C14H17N3O2. The van der Waals surface area contributed by atoms with Crippen LogP contribution in [0.15, 0.2) is 35.1 Å². The van der Waals surface area contributed by atoms with Crippen LogP contribution in [0.3, 0.4) is 0 Å². The normalized spacial score (nSPS) is 10.5. The number of hydrogen-bond donors (Lipinski definition) is 1. The van der Waals surface area contributed by atoms with Crippen molar-refractivity contribution in [3.63, 3.8) is 0 Å². The summed E-state index contributed by atoms with van der Waals surface area (Å²) in [7, 11) is 5.53. The third-order valence-electron chi connectivity index (χ3n) is 2.75. The molecular weight excluding hydrogens is 242 g/mol. The highest BCUT2D eigenvalue weighted by molar-refractivity contribution is 5.62. The summed E-state index contributed by atoms with van der Waals surface area (Å²) in [6.07, 6.45) is 0. The summed E-state index contributed by atoms with van der Waals surface area (Å²) in [5.74, 6) is 0.529. The first-order chi connectivity index (χ1) is 9.10. The summed E-state index contributed by atoms with van der Waals surface area (Å²) in [5.41, 5.74) is 2.50. The van der Waals surface area contributed by atoms with Crippen molar-refractivity contribution in [1.82, 2.24) is 9.97 Å². The van der Waals surface area contributed by atoms with Crippen LogP contribution in [0.2, 0.25) is 0 Å². The molecule has 1 aromatic carbocycles. The molecule has 5 nitrogen and oxygen atoms in total. The van der Waals surface area contributed by atoms with Crippen molar-refractivity contribution in [1.29, 1.82) is 0 Å². The molecule has 0 aliphatic carbocycles. The number of methoxy groups -OCH3 is 1. The van der Waals surface area contributed by atoms with Crippen molar-refractivity contribution in [2.45, 2.75) is 6.61 Å². The maximum Gasteiger partial charge on any atom is 0.251 e. The number of ether oxygens (including phenoxy) is 1. The molecule has 0 spiro atoms. The van der Waals surface area contributed by atoms with Crippen LogP contribution in [0, 0.1) is 0 Å². The van der Waals surface area contributed by atoms with Crippen LogP contribution in [0.1, 0.15) is 5.82 Å². The predicted molar refractivity (Wildman–Crippen MR) is 75.3 cm³/mol. The number of nitrogens with one attached hydrogen (secondary N) is 1. The Balaban J connectivity index is 2.38. The van der Waals surface area contributed by atoms with Gasteiger partial charge in [-0.25, -0.2) is 4.98 Å². The Hall–Kier alpha value is -2.14. The van der Waals surface area contributed by atoms with E-state index in [2.05, 4.69) is 9.97 Å². The van der Waals surface area contributed by atoms with Gasteiger partial charge >= 0.3 is 0 Å². The highest BCUT2D eigenvalue weighted by Crippen LogP contribution is 2.19. The molecule has 0 saturated heterocycles. The molecule has 0 aliphatic heterocycles. The van der Waals surface area contributed by atoms with E-state index in [1.165, 1.54) is 6.07 Å². The Kier molecular flexibility index (Phi) is 3.97. The molecule has 1 N–H and O–H groups in total. The van der Waals surface area contributed by atoms with Gasteiger partial charge in [-0.15, -0.1) is 0 Å². The molecule has 0 saturated carbocycles. The van der Waals surface area contributed by atoms with Crippen molar-refractivity contribution >= 4 is 5.69 Å². The van der Waals surface area contributed by atoms with Crippen LogP contribution in [-0.4, -0.2) is 31.2 Å². The van der Waals surface area contributed by atoms with E-state index in [9.17, 15) is 4.79 Å². The number of aromatic amines is 1. The van der Waals surface area contributed by atoms with E-state index in [1.54, 1.807) is 7.11 Å². The second kappa shape index (κ2) is 5.67. The molecule has 19 heavy (non-hydrogen) atoms. The lowest BCUT2D eigenvalue weighted by molar-refractivity contribution is 0.177. The largest absolute Gasteiger partial charge is 0.378 e. The van der Waals surface area contributed by atoms with E-state index >= 15 is 0 Å². The van der Waals surface area contributed by atoms with Gasteiger partial charge in [-0.05, 0) is 12.1 Å². The molecule has 100 valence electrons. The Morgan fingerprint density at radius 1 is 1.26 bits per heavy atom. The zero-order valence-electron chi connectivity index (χ0n) is 11.3. The van der Waals surface area contributed by atoms with Crippen molar-refractivity contribution in [2.24, 2.45) is 0 Å². The van der Waals surface area contributed by atoms with Crippen molar-refractivity contribution in [3.8, 4) is 11.3 Å². The number of rotatable bonds is 4. The lowest BCUT2D eigenvalue weighted by Crippen LogP contribution is -2.12. The van der Waals surface area contributed by atoms with Crippen LogP contribution >= 0.6 is 0 Å². The Morgan fingerprint density at radius 2 is 1.95 bits per heavy atom. The third-order valence-corrected chi connectivity index (χ3v) is 2.75. The highest BCUT2D eigenvalue weighted by atomic mass is 16.5. The number of benzene rings is 1. The molecule has 1 heterocycles.